The molecule has 2 N–H and O–H groups in total. The van der Waals surface area contributed by atoms with E-state index in [1.165, 1.54) is 6.33 Å². The molecule has 2 heterocycles. The van der Waals surface area contributed by atoms with Gasteiger partial charge in [-0.3, -0.25) is 4.79 Å². The highest BCUT2D eigenvalue weighted by molar-refractivity contribution is 7.17. The number of ether oxygens (including phenoxy) is 1. The number of rotatable bonds is 5. The molecular formula is C16H16N4O2S. The molecule has 3 rings (SSSR count). The van der Waals surface area contributed by atoms with Crippen LogP contribution in [-0.2, 0) is 4.79 Å². The summed E-state index contributed by atoms with van der Waals surface area (Å²) in [6.45, 7) is 0.167. The van der Waals surface area contributed by atoms with E-state index in [4.69, 9.17) is 4.74 Å². The molecule has 0 aliphatic heterocycles. The number of anilines is 1. The van der Waals surface area contributed by atoms with E-state index in [9.17, 15) is 4.79 Å². The normalized spacial score (nSPS) is 10.5. The summed E-state index contributed by atoms with van der Waals surface area (Å²) in [5, 5.41) is 8.63. The molecule has 0 aliphatic carbocycles. The van der Waals surface area contributed by atoms with Crippen LogP contribution in [0.2, 0.25) is 0 Å². The maximum absolute atomic E-state index is 11.5. The number of methoxy groups -OCH3 is 1. The van der Waals surface area contributed by atoms with Gasteiger partial charge in [-0.25, -0.2) is 9.97 Å². The van der Waals surface area contributed by atoms with E-state index in [1.54, 1.807) is 25.5 Å². The molecule has 0 aliphatic rings. The van der Waals surface area contributed by atoms with Crippen molar-refractivity contribution in [1.82, 2.24) is 15.3 Å². The summed E-state index contributed by atoms with van der Waals surface area (Å²) >= 11 is 1.55. The Morgan fingerprint density at radius 2 is 2.04 bits per heavy atom. The van der Waals surface area contributed by atoms with Gasteiger partial charge in [0.1, 0.15) is 22.7 Å². The van der Waals surface area contributed by atoms with Gasteiger partial charge < -0.3 is 15.4 Å². The van der Waals surface area contributed by atoms with Gasteiger partial charge in [0.25, 0.3) is 0 Å². The maximum atomic E-state index is 11.5. The molecular weight excluding hydrogens is 312 g/mol. The third kappa shape index (κ3) is 3.09. The number of nitrogens with zero attached hydrogens (tertiary/aromatic N) is 2. The number of fused-ring (bicyclic) bond motifs is 1. The number of benzene rings is 1. The van der Waals surface area contributed by atoms with E-state index < -0.39 is 0 Å². The first-order valence-corrected chi connectivity index (χ1v) is 7.92. The quantitative estimate of drug-likeness (QED) is 0.753. The van der Waals surface area contributed by atoms with Crippen LogP contribution in [0.25, 0.3) is 21.3 Å². The minimum absolute atomic E-state index is 0.0991. The van der Waals surface area contributed by atoms with Crippen molar-refractivity contribution < 1.29 is 9.53 Å². The molecule has 118 valence electrons. The number of likely N-dealkylation sites (N-methyl/N-ethyl adjacent to an activating group) is 1. The average Bonchev–Trinajstić information content (AvgIpc) is 3.04. The number of nitrogens with one attached hydrogen (secondary N) is 2. The summed E-state index contributed by atoms with van der Waals surface area (Å²) in [5.74, 6) is 1.37. The smallest absolute Gasteiger partial charge is 0.239 e. The van der Waals surface area contributed by atoms with Crippen molar-refractivity contribution in [3.05, 3.63) is 36.0 Å². The average molecular weight is 328 g/mol. The van der Waals surface area contributed by atoms with Gasteiger partial charge in [-0.1, -0.05) is 12.1 Å². The molecule has 23 heavy (non-hydrogen) atoms. The Balaban J connectivity index is 2.01. The SMILES string of the molecule is CNC(=O)CNc1ncnc2scc(-c3ccc(OC)cc3)c12. The van der Waals surface area contributed by atoms with E-state index in [-0.39, 0.29) is 12.5 Å². The second kappa shape index (κ2) is 6.62. The summed E-state index contributed by atoms with van der Waals surface area (Å²) in [7, 11) is 3.25. The maximum Gasteiger partial charge on any atom is 0.239 e. The standard InChI is InChI=1S/C16H16N4O2S/c1-17-13(21)7-18-15-14-12(8-23-16(14)20-9-19-15)10-3-5-11(22-2)6-4-10/h3-6,8-9H,7H2,1-2H3,(H,17,21)(H,18,19,20). The summed E-state index contributed by atoms with van der Waals surface area (Å²) in [4.78, 5) is 20.9. The van der Waals surface area contributed by atoms with Crippen LogP contribution in [0.5, 0.6) is 5.75 Å². The lowest BCUT2D eigenvalue weighted by Gasteiger charge is -2.08. The second-order valence-corrected chi connectivity index (χ2v) is 5.67. The molecule has 6 nitrogen and oxygen atoms in total. The molecule has 3 aromatic rings. The van der Waals surface area contributed by atoms with Gasteiger partial charge in [0.2, 0.25) is 5.91 Å². The fraction of sp³-hybridized carbons (Fsp3) is 0.188. The summed E-state index contributed by atoms with van der Waals surface area (Å²) in [6.07, 6.45) is 1.50. The molecule has 0 spiro atoms. The molecule has 0 radical (unpaired) electrons. The number of carbonyl (C=O) groups is 1. The predicted molar refractivity (Wildman–Crippen MR) is 92.0 cm³/mol. The van der Waals surface area contributed by atoms with Crippen molar-refractivity contribution in [1.29, 1.82) is 0 Å². The van der Waals surface area contributed by atoms with Crippen LogP contribution in [0.3, 0.4) is 0 Å². The zero-order valence-electron chi connectivity index (χ0n) is 12.8. The van der Waals surface area contributed by atoms with Crippen LogP contribution in [0.4, 0.5) is 5.82 Å². The minimum Gasteiger partial charge on any atom is -0.497 e. The first-order chi connectivity index (χ1) is 11.2. The van der Waals surface area contributed by atoms with Crippen LogP contribution < -0.4 is 15.4 Å². The van der Waals surface area contributed by atoms with Gasteiger partial charge >= 0.3 is 0 Å². The summed E-state index contributed by atoms with van der Waals surface area (Å²) < 4.78 is 5.20. The first-order valence-electron chi connectivity index (χ1n) is 7.04. The minimum atomic E-state index is -0.0991. The molecule has 0 atom stereocenters. The van der Waals surface area contributed by atoms with Gasteiger partial charge in [-0.15, -0.1) is 11.3 Å². The highest BCUT2D eigenvalue weighted by Crippen LogP contribution is 2.36. The van der Waals surface area contributed by atoms with Crippen molar-refractivity contribution in [3.8, 4) is 16.9 Å². The topological polar surface area (TPSA) is 76.1 Å². The first kappa shape index (κ1) is 15.2. The van der Waals surface area contributed by atoms with Gasteiger partial charge in [-0.2, -0.15) is 0 Å². The molecule has 0 unspecified atom stereocenters. The van der Waals surface area contributed by atoms with Gasteiger partial charge in [0, 0.05) is 18.0 Å². The van der Waals surface area contributed by atoms with Crippen molar-refractivity contribution in [3.63, 3.8) is 0 Å². The van der Waals surface area contributed by atoms with E-state index in [0.717, 1.165) is 27.1 Å². The molecule has 2 aromatic heterocycles. The lowest BCUT2D eigenvalue weighted by molar-refractivity contribution is -0.118. The van der Waals surface area contributed by atoms with Crippen molar-refractivity contribution in [2.24, 2.45) is 0 Å². The second-order valence-electron chi connectivity index (χ2n) is 4.81. The van der Waals surface area contributed by atoms with Crippen molar-refractivity contribution in [2.45, 2.75) is 0 Å². The van der Waals surface area contributed by atoms with Crippen LogP contribution in [0.15, 0.2) is 36.0 Å². The Morgan fingerprint density at radius 1 is 1.26 bits per heavy atom. The Morgan fingerprint density at radius 3 is 2.74 bits per heavy atom. The van der Waals surface area contributed by atoms with Crippen LogP contribution in [0, 0.1) is 0 Å². The van der Waals surface area contributed by atoms with Gasteiger partial charge in [-0.05, 0) is 17.7 Å². The van der Waals surface area contributed by atoms with Crippen LogP contribution >= 0.6 is 11.3 Å². The Hall–Kier alpha value is -2.67. The Kier molecular flexibility index (Phi) is 4.38. The van der Waals surface area contributed by atoms with E-state index in [2.05, 4.69) is 20.6 Å². The number of hydrogen-bond acceptors (Lipinski definition) is 6. The molecule has 0 saturated heterocycles. The molecule has 0 bridgehead atoms. The van der Waals surface area contributed by atoms with Crippen LogP contribution in [0.1, 0.15) is 0 Å². The summed E-state index contributed by atoms with van der Waals surface area (Å²) in [6, 6.07) is 7.83. The number of aromatic nitrogens is 2. The highest BCUT2D eigenvalue weighted by atomic mass is 32.1. The molecule has 0 fully saturated rings. The van der Waals surface area contributed by atoms with Gasteiger partial charge in [0.05, 0.1) is 19.0 Å². The largest absolute Gasteiger partial charge is 0.497 e. The van der Waals surface area contributed by atoms with Crippen molar-refractivity contribution >= 4 is 33.3 Å². The fourth-order valence-electron chi connectivity index (χ4n) is 2.24. The third-order valence-electron chi connectivity index (χ3n) is 3.47. The van der Waals surface area contributed by atoms with Gasteiger partial charge in [0.15, 0.2) is 0 Å². The van der Waals surface area contributed by atoms with E-state index >= 15 is 0 Å². The zero-order chi connectivity index (χ0) is 16.2. The Labute approximate surface area is 137 Å². The Bertz CT molecular complexity index is 830. The number of thiophene rings is 1. The lowest BCUT2D eigenvalue weighted by atomic mass is 10.1. The molecule has 7 heteroatoms. The number of carbonyl (C=O) groups excluding carboxylic acids is 1. The zero-order valence-corrected chi connectivity index (χ0v) is 13.6. The molecule has 1 amide bonds. The van der Waals surface area contributed by atoms with E-state index in [0.29, 0.717) is 5.82 Å². The lowest BCUT2D eigenvalue weighted by Crippen LogP contribution is -2.26. The highest BCUT2D eigenvalue weighted by Gasteiger charge is 2.13. The summed E-state index contributed by atoms with van der Waals surface area (Å²) in [5.41, 5.74) is 2.09. The monoisotopic (exact) mass is 328 g/mol. The van der Waals surface area contributed by atoms with Crippen molar-refractivity contribution in [2.75, 3.05) is 26.0 Å². The number of hydrogen-bond donors (Lipinski definition) is 2. The fourth-order valence-corrected chi connectivity index (χ4v) is 3.16. The molecule has 0 saturated carbocycles. The third-order valence-corrected chi connectivity index (χ3v) is 4.35. The van der Waals surface area contributed by atoms with Crippen LogP contribution in [-0.4, -0.2) is 36.6 Å². The number of amides is 1. The predicted octanol–water partition coefficient (Wildman–Crippen LogP) is 2.52. The van der Waals surface area contributed by atoms with E-state index in [1.807, 2.05) is 29.6 Å². The molecule has 1 aromatic carbocycles.